The van der Waals surface area contributed by atoms with E-state index in [2.05, 4.69) is 45.0 Å². The summed E-state index contributed by atoms with van der Waals surface area (Å²) in [7, 11) is 1.73. The molecule has 0 bridgehead atoms. The zero-order chi connectivity index (χ0) is 13.6. The van der Waals surface area contributed by atoms with E-state index in [0.717, 1.165) is 25.9 Å². The lowest BCUT2D eigenvalue weighted by Gasteiger charge is -2.19. The standard InChI is InChI=1S/C16H27NO/c1-16(2,3)14-9-7-13(8-10-14)12-15(17)6-5-11-18-4/h7-10,15H,5-6,11-12,17H2,1-4H3. The molecule has 18 heavy (non-hydrogen) atoms. The fourth-order valence-electron chi connectivity index (χ4n) is 2.04. The van der Waals surface area contributed by atoms with Crippen molar-refractivity contribution in [3.63, 3.8) is 0 Å². The monoisotopic (exact) mass is 249 g/mol. The van der Waals surface area contributed by atoms with Crippen LogP contribution in [0.5, 0.6) is 0 Å². The first-order chi connectivity index (χ1) is 8.43. The second kappa shape index (κ2) is 6.91. The Morgan fingerprint density at radius 3 is 2.28 bits per heavy atom. The Hall–Kier alpha value is -0.860. The van der Waals surface area contributed by atoms with Crippen LogP contribution in [0.1, 0.15) is 44.7 Å². The lowest BCUT2D eigenvalue weighted by molar-refractivity contribution is 0.190. The van der Waals surface area contributed by atoms with Gasteiger partial charge in [0.1, 0.15) is 0 Å². The molecule has 0 radical (unpaired) electrons. The molecule has 102 valence electrons. The van der Waals surface area contributed by atoms with Gasteiger partial charge in [0.05, 0.1) is 0 Å². The molecule has 0 saturated carbocycles. The fraction of sp³-hybridized carbons (Fsp3) is 0.625. The van der Waals surface area contributed by atoms with E-state index in [0.29, 0.717) is 0 Å². The molecule has 1 aromatic carbocycles. The predicted octanol–water partition coefficient (Wildman–Crippen LogP) is 3.28. The van der Waals surface area contributed by atoms with Crippen LogP contribution in [-0.2, 0) is 16.6 Å². The molecule has 1 rings (SSSR count). The third-order valence-corrected chi connectivity index (χ3v) is 3.24. The molecule has 2 nitrogen and oxygen atoms in total. The van der Waals surface area contributed by atoms with Gasteiger partial charge in [-0.1, -0.05) is 45.0 Å². The molecule has 0 aliphatic carbocycles. The van der Waals surface area contributed by atoms with Crippen molar-refractivity contribution in [2.45, 2.75) is 51.5 Å². The third-order valence-electron chi connectivity index (χ3n) is 3.24. The number of ether oxygens (including phenoxy) is 1. The molecule has 1 aromatic rings. The van der Waals surface area contributed by atoms with Crippen LogP contribution in [0.15, 0.2) is 24.3 Å². The molecule has 2 N–H and O–H groups in total. The predicted molar refractivity (Wildman–Crippen MR) is 77.9 cm³/mol. The van der Waals surface area contributed by atoms with Gasteiger partial charge in [0.25, 0.3) is 0 Å². The Balaban J connectivity index is 2.48. The molecule has 1 unspecified atom stereocenters. The van der Waals surface area contributed by atoms with E-state index >= 15 is 0 Å². The van der Waals surface area contributed by atoms with Crippen molar-refractivity contribution < 1.29 is 4.74 Å². The van der Waals surface area contributed by atoms with E-state index in [4.69, 9.17) is 10.5 Å². The first kappa shape index (κ1) is 15.2. The summed E-state index contributed by atoms with van der Waals surface area (Å²) >= 11 is 0. The van der Waals surface area contributed by atoms with E-state index in [1.54, 1.807) is 7.11 Å². The van der Waals surface area contributed by atoms with Crippen LogP contribution in [0.4, 0.5) is 0 Å². The Kier molecular flexibility index (Phi) is 5.83. The molecule has 1 atom stereocenters. The number of rotatable bonds is 6. The summed E-state index contributed by atoms with van der Waals surface area (Å²) in [5, 5.41) is 0. The average Bonchev–Trinajstić information content (AvgIpc) is 2.29. The van der Waals surface area contributed by atoms with Gasteiger partial charge in [-0.3, -0.25) is 0 Å². The number of hydrogen-bond acceptors (Lipinski definition) is 2. The lowest BCUT2D eigenvalue weighted by atomic mass is 9.86. The maximum atomic E-state index is 6.11. The van der Waals surface area contributed by atoms with Crippen molar-refractivity contribution in [2.24, 2.45) is 5.73 Å². The maximum absolute atomic E-state index is 6.11. The maximum Gasteiger partial charge on any atom is 0.0462 e. The number of nitrogens with two attached hydrogens (primary N) is 1. The molecular formula is C16H27NO. The molecule has 2 heteroatoms. The molecule has 0 heterocycles. The highest BCUT2D eigenvalue weighted by Crippen LogP contribution is 2.22. The summed E-state index contributed by atoms with van der Waals surface area (Å²) in [6.07, 6.45) is 3.01. The third kappa shape index (κ3) is 5.19. The topological polar surface area (TPSA) is 35.2 Å². The van der Waals surface area contributed by atoms with Gasteiger partial charge < -0.3 is 10.5 Å². The Morgan fingerprint density at radius 2 is 1.78 bits per heavy atom. The zero-order valence-corrected chi connectivity index (χ0v) is 12.2. The van der Waals surface area contributed by atoms with E-state index in [1.807, 2.05) is 0 Å². The number of benzene rings is 1. The van der Waals surface area contributed by atoms with Crippen molar-refractivity contribution in [3.8, 4) is 0 Å². The molecule has 0 amide bonds. The molecule has 0 fully saturated rings. The minimum absolute atomic E-state index is 0.221. The Bertz CT molecular complexity index is 337. The van der Waals surface area contributed by atoms with Gasteiger partial charge >= 0.3 is 0 Å². The average molecular weight is 249 g/mol. The van der Waals surface area contributed by atoms with Crippen LogP contribution in [0, 0.1) is 0 Å². The van der Waals surface area contributed by atoms with Crippen molar-refractivity contribution in [1.29, 1.82) is 0 Å². The summed E-state index contributed by atoms with van der Waals surface area (Å²) < 4.78 is 5.04. The summed E-state index contributed by atoms with van der Waals surface area (Å²) in [5.41, 5.74) is 9.04. The SMILES string of the molecule is COCCCC(N)Cc1ccc(C(C)(C)C)cc1. The second-order valence-electron chi connectivity index (χ2n) is 6.05. The summed E-state index contributed by atoms with van der Waals surface area (Å²) in [6.45, 7) is 7.51. The highest BCUT2D eigenvalue weighted by Gasteiger charge is 2.13. The van der Waals surface area contributed by atoms with Crippen LogP contribution >= 0.6 is 0 Å². The summed E-state index contributed by atoms with van der Waals surface area (Å²) in [5.74, 6) is 0. The second-order valence-corrected chi connectivity index (χ2v) is 6.05. The van der Waals surface area contributed by atoms with Gasteiger partial charge in [-0.25, -0.2) is 0 Å². The molecule has 0 spiro atoms. The van der Waals surface area contributed by atoms with E-state index in [1.165, 1.54) is 11.1 Å². The molecule has 0 saturated heterocycles. The van der Waals surface area contributed by atoms with E-state index < -0.39 is 0 Å². The lowest BCUT2D eigenvalue weighted by Crippen LogP contribution is -2.23. The van der Waals surface area contributed by atoms with Crippen LogP contribution in [0.3, 0.4) is 0 Å². The van der Waals surface area contributed by atoms with Gasteiger partial charge in [0.15, 0.2) is 0 Å². The van der Waals surface area contributed by atoms with Gasteiger partial charge in [-0.05, 0) is 35.8 Å². The fourth-order valence-corrected chi connectivity index (χ4v) is 2.04. The summed E-state index contributed by atoms with van der Waals surface area (Å²) in [4.78, 5) is 0. The highest BCUT2D eigenvalue weighted by molar-refractivity contribution is 5.27. The molecule has 0 aromatic heterocycles. The minimum Gasteiger partial charge on any atom is -0.385 e. The summed E-state index contributed by atoms with van der Waals surface area (Å²) in [6, 6.07) is 9.09. The number of hydrogen-bond donors (Lipinski definition) is 1. The first-order valence-electron chi connectivity index (χ1n) is 6.77. The Morgan fingerprint density at radius 1 is 1.17 bits per heavy atom. The normalized spacial score (nSPS) is 13.6. The Labute approximate surface area is 112 Å². The van der Waals surface area contributed by atoms with Crippen LogP contribution in [0.2, 0.25) is 0 Å². The van der Waals surface area contributed by atoms with Crippen molar-refractivity contribution in [2.75, 3.05) is 13.7 Å². The zero-order valence-electron chi connectivity index (χ0n) is 12.2. The molecule has 0 aliphatic rings. The van der Waals surface area contributed by atoms with E-state index in [9.17, 15) is 0 Å². The first-order valence-corrected chi connectivity index (χ1v) is 6.77. The van der Waals surface area contributed by atoms with Gasteiger partial charge in [-0.15, -0.1) is 0 Å². The van der Waals surface area contributed by atoms with Crippen molar-refractivity contribution >= 4 is 0 Å². The molecular weight excluding hydrogens is 222 g/mol. The van der Waals surface area contributed by atoms with Crippen molar-refractivity contribution in [3.05, 3.63) is 35.4 Å². The quantitative estimate of drug-likeness (QED) is 0.785. The van der Waals surface area contributed by atoms with Gasteiger partial charge in [0.2, 0.25) is 0 Å². The smallest absolute Gasteiger partial charge is 0.0462 e. The van der Waals surface area contributed by atoms with Gasteiger partial charge in [-0.2, -0.15) is 0 Å². The molecule has 0 aliphatic heterocycles. The number of methoxy groups -OCH3 is 1. The van der Waals surface area contributed by atoms with E-state index in [-0.39, 0.29) is 11.5 Å². The largest absolute Gasteiger partial charge is 0.385 e. The van der Waals surface area contributed by atoms with Crippen LogP contribution in [0.25, 0.3) is 0 Å². The highest BCUT2D eigenvalue weighted by atomic mass is 16.5. The van der Waals surface area contributed by atoms with Crippen LogP contribution in [-0.4, -0.2) is 19.8 Å². The van der Waals surface area contributed by atoms with Crippen molar-refractivity contribution in [1.82, 2.24) is 0 Å². The minimum atomic E-state index is 0.221. The van der Waals surface area contributed by atoms with Gasteiger partial charge in [0, 0.05) is 19.8 Å². The van der Waals surface area contributed by atoms with Crippen LogP contribution < -0.4 is 5.73 Å².